The van der Waals surface area contributed by atoms with Gasteiger partial charge in [0.2, 0.25) is 0 Å². The van der Waals surface area contributed by atoms with Crippen molar-refractivity contribution < 1.29 is 32.2 Å². The lowest BCUT2D eigenvalue weighted by atomic mass is 10.1. The highest BCUT2D eigenvalue weighted by molar-refractivity contribution is 7.92. The van der Waals surface area contributed by atoms with Crippen molar-refractivity contribution in [2.45, 2.75) is 18.7 Å². The van der Waals surface area contributed by atoms with Crippen LogP contribution in [-0.2, 0) is 14.8 Å². The molecule has 2 aromatic rings. The average molecular weight is 409 g/mol. The van der Waals surface area contributed by atoms with E-state index in [4.69, 9.17) is 18.9 Å². The Bertz CT molecular complexity index is 1000. The molecule has 28 heavy (non-hydrogen) atoms. The summed E-state index contributed by atoms with van der Waals surface area (Å²) in [5.74, 6) is 0.386. The molecule has 0 fully saturated rings. The highest BCUT2D eigenvalue weighted by Crippen LogP contribution is 2.35. The van der Waals surface area contributed by atoms with Gasteiger partial charge in [-0.2, -0.15) is 0 Å². The molecule has 2 aromatic carbocycles. The quantitative estimate of drug-likeness (QED) is 0.702. The molecule has 0 aliphatic rings. The molecule has 9 heteroatoms. The molecule has 0 heterocycles. The van der Waals surface area contributed by atoms with Gasteiger partial charge in [-0.05, 0) is 37.1 Å². The van der Waals surface area contributed by atoms with Crippen molar-refractivity contribution >= 4 is 21.7 Å². The van der Waals surface area contributed by atoms with Crippen molar-refractivity contribution in [3.8, 4) is 17.2 Å². The van der Waals surface area contributed by atoms with Crippen molar-refractivity contribution in [2.75, 3.05) is 33.2 Å². The number of carbonyl (C=O) groups excluding carboxylic acids is 1. The number of nitrogens with one attached hydrogen (secondary N) is 1. The minimum Gasteiger partial charge on any atom is -0.496 e. The van der Waals surface area contributed by atoms with Crippen LogP contribution in [0.25, 0.3) is 0 Å². The molecule has 0 aromatic heterocycles. The van der Waals surface area contributed by atoms with Crippen molar-refractivity contribution in [1.82, 2.24) is 0 Å². The van der Waals surface area contributed by atoms with Crippen molar-refractivity contribution in [1.29, 1.82) is 0 Å². The first-order valence-electron chi connectivity index (χ1n) is 8.20. The molecule has 0 aliphatic carbocycles. The van der Waals surface area contributed by atoms with Crippen LogP contribution in [0, 0.1) is 13.8 Å². The number of anilines is 1. The summed E-state index contributed by atoms with van der Waals surface area (Å²) in [6, 6.07) is 5.87. The van der Waals surface area contributed by atoms with Crippen molar-refractivity contribution in [3.63, 3.8) is 0 Å². The first-order valence-corrected chi connectivity index (χ1v) is 9.69. The first-order chi connectivity index (χ1) is 13.2. The smallest absolute Gasteiger partial charge is 0.340 e. The van der Waals surface area contributed by atoms with Gasteiger partial charge in [-0.25, -0.2) is 13.2 Å². The third kappa shape index (κ3) is 4.14. The molecule has 0 radical (unpaired) electrons. The number of benzene rings is 2. The third-order valence-electron chi connectivity index (χ3n) is 4.16. The van der Waals surface area contributed by atoms with Gasteiger partial charge in [-0.15, -0.1) is 0 Å². The lowest BCUT2D eigenvalue weighted by molar-refractivity contribution is 0.0601. The Kier molecular flexibility index (Phi) is 6.40. The van der Waals surface area contributed by atoms with Gasteiger partial charge in [0, 0.05) is 12.1 Å². The SMILES string of the molecule is COC(=O)c1cc(OC)c(OC)cc1NS(=O)(=O)c1cc(C)c(OC)cc1C. The Morgan fingerprint density at radius 1 is 0.821 bits per heavy atom. The van der Waals surface area contributed by atoms with E-state index in [0.717, 1.165) is 0 Å². The summed E-state index contributed by atoms with van der Waals surface area (Å²) in [7, 11) is 1.52. The molecule has 0 saturated carbocycles. The maximum Gasteiger partial charge on any atom is 0.340 e. The lowest BCUT2D eigenvalue weighted by Crippen LogP contribution is -2.17. The number of aryl methyl sites for hydroxylation is 2. The summed E-state index contributed by atoms with van der Waals surface area (Å²) in [5, 5.41) is 0. The van der Waals surface area contributed by atoms with E-state index in [2.05, 4.69) is 4.72 Å². The number of sulfonamides is 1. The van der Waals surface area contributed by atoms with E-state index in [1.807, 2.05) is 0 Å². The maximum absolute atomic E-state index is 13.0. The summed E-state index contributed by atoms with van der Waals surface area (Å²) in [6.07, 6.45) is 0. The highest BCUT2D eigenvalue weighted by Gasteiger charge is 2.24. The zero-order valence-electron chi connectivity index (χ0n) is 16.6. The Morgan fingerprint density at radius 3 is 1.93 bits per heavy atom. The fourth-order valence-corrected chi connectivity index (χ4v) is 4.10. The van der Waals surface area contributed by atoms with Crippen LogP contribution in [0.1, 0.15) is 21.5 Å². The monoisotopic (exact) mass is 409 g/mol. The fourth-order valence-electron chi connectivity index (χ4n) is 2.71. The third-order valence-corrected chi connectivity index (χ3v) is 5.66. The molecule has 152 valence electrons. The van der Waals surface area contributed by atoms with Gasteiger partial charge in [0.1, 0.15) is 5.75 Å². The molecule has 0 bridgehead atoms. The second-order valence-electron chi connectivity index (χ2n) is 5.94. The van der Waals surface area contributed by atoms with Crippen LogP contribution in [0.4, 0.5) is 5.69 Å². The molecular weight excluding hydrogens is 386 g/mol. The molecular formula is C19H23NO7S. The number of ether oxygens (including phenoxy) is 4. The molecule has 0 unspecified atom stereocenters. The number of esters is 1. The number of hydrogen-bond donors (Lipinski definition) is 1. The molecule has 0 amide bonds. The second-order valence-corrected chi connectivity index (χ2v) is 7.59. The van der Waals surface area contributed by atoms with Gasteiger partial charge in [-0.1, -0.05) is 0 Å². The van der Waals surface area contributed by atoms with E-state index >= 15 is 0 Å². The second kappa shape index (κ2) is 8.39. The Balaban J connectivity index is 2.60. The molecule has 2 rings (SSSR count). The maximum atomic E-state index is 13.0. The Morgan fingerprint density at radius 2 is 1.39 bits per heavy atom. The first kappa shape index (κ1) is 21.4. The van der Waals surface area contributed by atoms with Gasteiger partial charge in [0.05, 0.1) is 44.6 Å². The van der Waals surface area contributed by atoms with E-state index in [-0.39, 0.29) is 27.6 Å². The molecule has 0 saturated heterocycles. The zero-order valence-corrected chi connectivity index (χ0v) is 17.4. The zero-order chi connectivity index (χ0) is 21.1. The molecule has 8 nitrogen and oxygen atoms in total. The van der Waals surface area contributed by atoms with Crippen LogP contribution < -0.4 is 18.9 Å². The highest BCUT2D eigenvalue weighted by atomic mass is 32.2. The van der Waals surface area contributed by atoms with Crippen LogP contribution in [-0.4, -0.2) is 42.8 Å². The number of rotatable bonds is 7. The van der Waals surface area contributed by atoms with Crippen LogP contribution in [0.5, 0.6) is 17.2 Å². The van der Waals surface area contributed by atoms with Crippen LogP contribution >= 0.6 is 0 Å². The Hall–Kier alpha value is -2.94. The van der Waals surface area contributed by atoms with E-state index in [0.29, 0.717) is 16.9 Å². The van der Waals surface area contributed by atoms with Crippen LogP contribution in [0.3, 0.4) is 0 Å². The van der Waals surface area contributed by atoms with Crippen molar-refractivity contribution in [3.05, 3.63) is 41.0 Å². The topological polar surface area (TPSA) is 100 Å². The Labute approximate surface area is 164 Å². The standard InChI is InChI=1S/C19H23NO7S/c1-11-8-18(12(2)7-15(11)24-3)28(22,23)20-14-10-17(26-5)16(25-4)9-13(14)19(21)27-6/h7-10,20H,1-6H3. The van der Waals surface area contributed by atoms with E-state index in [1.54, 1.807) is 19.9 Å². The summed E-state index contributed by atoms with van der Waals surface area (Å²) in [4.78, 5) is 12.2. The van der Waals surface area contributed by atoms with E-state index < -0.39 is 16.0 Å². The van der Waals surface area contributed by atoms with Crippen LogP contribution in [0.15, 0.2) is 29.2 Å². The largest absolute Gasteiger partial charge is 0.496 e. The summed E-state index contributed by atoms with van der Waals surface area (Å²) < 4.78 is 48.8. The summed E-state index contributed by atoms with van der Waals surface area (Å²) in [5.41, 5.74) is 1.16. The van der Waals surface area contributed by atoms with E-state index in [1.165, 1.54) is 46.6 Å². The number of methoxy groups -OCH3 is 4. The van der Waals surface area contributed by atoms with Gasteiger partial charge >= 0.3 is 5.97 Å². The van der Waals surface area contributed by atoms with E-state index in [9.17, 15) is 13.2 Å². The van der Waals surface area contributed by atoms with Gasteiger partial charge in [0.25, 0.3) is 10.0 Å². The molecule has 0 spiro atoms. The fraction of sp³-hybridized carbons (Fsp3) is 0.316. The molecule has 0 aliphatic heterocycles. The predicted octanol–water partition coefficient (Wildman–Crippen LogP) is 2.92. The van der Waals surface area contributed by atoms with Gasteiger partial charge < -0.3 is 18.9 Å². The summed E-state index contributed by atoms with van der Waals surface area (Å²) >= 11 is 0. The number of hydrogen-bond acceptors (Lipinski definition) is 7. The molecule has 1 N–H and O–H groups in total. The van der Waals surface area contributed by atoms with Gasteiger partial charge in [-0.3, -0.25) is 4.72 Å². The normalized spacial score (nSPS) is 10.9. The average Bonchev–Trinajstić information content (AvgIpc) is 2.67. The minimum atomic E-state index is -4.01. The number of carbonyl (C=O) groups is 1. The van der Waals surface area contributed by atoms with Crippen LogP contribution in [0.2, 0.25) is 0 Å². The summed E-state index contributed by atoms with van der Waals surface area (Å²) in [6.45, 7) is 3.40. The van der Waals surface area contributed by atoms with Crippen molar-refractivity contribution in [2.24, 2.45) is 0 Å². The predicted molar refractivity (Wildman–Crippen MR) is 104 cm³/mol. The van der Waals surface area contributed by atoms with Gasteiger partial charge in [0.15, 0.2) is 11.5 Å². The lowest BCUT2D eigenvalue weighted by Gasteiger charge is -2.17. The minimum absolute atomic E-state index is 0.00777. The molecule has 0 atom stereocenters.